The van der Waals surface area contributed by atoms with Gasteiger partial charge in [-0.1, -0.05) is 18.9 Å². The molecule has 0 atom stereocenters. The number of Topliss-reactive ketones (excluding diaryl/α,β-unsaturated/α-hetero) is 1. The standard InChI is InChI=1S/C13H17NO/c1-9-7-10(2)13(14-8-9)12(15)6-5-11-3-4-11/h7-8,11H,3-6H2,1-2H3. The highest BCUT2D eigenvalue weighted by molar-refractivity contribution is 5.95. The van der Waals surface area contributed by atoms with Gasteiger partial charge in [-0.15, -0.1) is 0 Å². The fraction of sp³-hybridized carbons (Fsp3) is 0.538. The summed E-state index contributed by atoms with van der Waals surface area (Å²) in [5.74, 6) is 1.03. The highest BCUT2D eigenvalue weighted by Gasteiger charge is 2.22. The zero-order valence-electron chi connectivity index (χ0n) is 9.42. The van der Waals surface area contributed by atoms with Crippen LogP contribution in [0.1, 0.15) is 47.3 Å². The maximum absolute atomic E-state index is 11.8. The summed E-state index contributed by atoms with van der Waals surface area (Å²) in [5.41, 5.74) is 2.79. The van der Waals surface area contributed by atoms with Gasteiger partial charge in [0.05, 0.1) is 0 Å². The van der Waals surface area contributed by atoms with Gasteiger partial charge in [-0.25, -0.2) is 0 Å². The smallest absolute Gasteiger partial charge is 0.181 e. The first kappa shape index (κ1) is 10.3. The lowest BCUT2D eigenvalue weighted by Gasteiger charge is -2.04. The SMILES string of the molecule is Cc1cnc(C(=O)CCC2CC2)c(C)c1. The van der Waals surface area contributed by atoms with Gasteiger partial charge in [0, 0.05) is 12.6 Å². The summed E-state index contributed by atoms with van der Waals surface area (Å²) in [4.78, 5) is 16.1. The molecule has 2 heteroatoms. The zero-order valence-corrected chi connectivity index (χ0v) is 9.42. The minimum absolute atomic E-state index is 0.208. The molecule has 1 aromatic heterocycles. The molecule has 1 fully saturated rings. The highest BCUT2D eigenvalue weighted by atomic mass is 16.1. The lowest BCUT2D eigenvalue weighted by atomic mass is 10.0. The van der Waals surface area contributed by atoms with Gasteiger partial charge in [-0.2, -0.15) is 0 Å². The summed E-state index contributed by atoms with van der Waals surface area (Å²) in [5, 5.41) is 0. The molecule has 0 spiro atoms. The topological polar surface area (TPSA) is 30.0 Å². The molecule has 15 heavy (non-hydrogen) atoms. The molecule has 0 bridgehead atoms. The van der Waals surface area contributed by atoms with Crippen LogP contribution in [0.4, 0.5) is 0 Å². The third-order valence-electron chi connectivity index (χ3n) is 2.96. The van der Waals surface area contributed by atoms with Crippen LogP contribution in [-0.2, 0) is 0 Å². The quantitative estimate of drug-likeness (QED) is 0.704. The Morgan fingerprint density at radius 1 is 1.47 bits per heavy atom. The number of ketones is 1. The molecule has 0 aromatic carbocycles. The van der Waals surface area contributed by atoms with Crippen LogP contribution in [-0.4, -0.2) is 10.8 Å². The molecule has 0 saturated heterocycles. The molecule has 0 amide bonds. The molecule has 1 aromatic rings. The number of nitrogens with zero attached hydrogens (tertiary/aromatic N) is 1. The number of pyridine rings is 1. The number of hydrogen-bond donors (Lipinski definition) is 0. The van der Waals surface area contributed by atoms with Gasteiger partial charge in [0.1, 0.15) is 5.69 Å². The fourth-order valence-corrected chi connectivity index (χ4v) is 1.87. The van der Waals surface area contributed by atoms with Gasteiger partial charge in [-0.05, 0) is 37.3 Å². The molecule has 0 aliphatic heterocycles. The number of carbonyl (C=O) groups excluding carboxylic acids is 1. The molecule has 0 radical (unpaired) electrons. The Labute approximate surface area is 90.7 Å². The summed E-state index contributed by atoms with van der Waals surface area (Å²) in [7, 11) is 0. The van der Waals surface area contributed by atoms with Gasteiger partial charge in [0.15, 0.2) is 5.78 Å². The van der Waals surface area contributed by atoms with E-state index in [2.05, 4.69) is 4.98 Å². The third-order valence-corrected chi connectivity index (χ3v) is 2.96. The molecule has 2 nitrogen and oxygen atoms in total. The van der Waals surface area contributed by atoms with E-state index in [1.165, 1.54) is 12.8 Å². The number of rotatable bonds is 4. The van der Waals surface area contributed by atoms with E-state index in [4.69, 9.17) is 0 Å². The monoisotopic (exact) mass is 203 g/mol. The Kier molecular flexibility index (Phi) is 2.85. The summed E-state index contributed by atoms with van der Waals surface area (Å²) >= 11 is 0. The lowest BCUT2D eigenvalue weighted by Crippen LogP contribution is -2.05. The van der Waals surface area contributed by atoms with Crippen LogP contribution >= 0.6 is 0 Å². The van der Waals surface area contributed by atoms with Crippen LogP contribution in [0.2, 0.25) is 0 Å². The molecule has 2 rings (SSSR count). The maximum atomic E-state index is 11.8. The third kappa shape index (κ3) is 2.65. The Hall–Kier alpha value is -1.18. The summed E-state index contributed by atoms with van der Waals surface area (Å²) in [6.45, 7) is 3.96. The van der Waals surface area contributed by atoms with Crippen molar-refractivity contribution < 1.29 is 4.79 Å². The minimum atomic E-state index is 0.208. The number of hydrogen-bond acceptors (Lipinski definition) is 2. The Balaban J connectivity index is 2.03. The largest absolute Gasteiger partial charge is 0.292 e. The van der Waals surface area contributed by atoms with Crippen molar-refractivity contribution in [2.45, 2.75) is 39.5 Å². The van der Waals surface area contributed by atoms with E-state index in [-0.39, 0.29) is 5.78 Å². The van der Waals surface area contributed by atoms with Crippen molar-refractivity contribution in [1.29, 1.82) is 0 Å². The Morgan fingerprint density at radius 2 is 2.20 bits per heavy atom. The van der Waals surface area contributed by atoms with E-state index in [0.717, 1.165) is 23.5 Å². The van der Waals surface area contributed by atoms with Crippen molar-refractivity contribution in [2.75, 3.05) is 0 Å². The summed E-state index contributed by atoms with van der Waals surface area (Å²) < 4.78 is 0. The van der Waals surface area contributed by atoms with Crippen molar-refractivity contribution in [1.82, 2.24) is 4.98 Å². The predicted molar refractivity (Wildman–Crippen MR) is 60.0 cm³/mol. The summed E-state index contributed by atoms with van der Waals surface area (Å²) in [6, 6.07) is 2.03. The van der Waals surface area contributed by atoms with Crippen molar-refractivity contribution in [3.63, 3.8) is 0 Å². The van der Waals surface area contributed by atoms with Crippen molar-refractivity contribution >= 4 is 5.78 Å². The van der Waals surface area contributed by atoms with Crippen molar-refractivity contribution in [3.05, 3.63) is 29.1 Å². The molecule has 80 valence electrons. The number of aryl methyl sites for hydroxylation is 2. The van der Waals surface area contributed by atoms with E-state index >= 15 is 0 Å². The van der Waals surface area contributed by atoms with Crippen LogP contribution in [0.15, 0.2) is 12.3 Å². The zero-order chi connectivity index (χ0) is 10.8. The Bertz CT molecular complexity index is 380. The van der Waals surface area contributed by atoms with Crippen LogP contribution in [0.25, 0.3) is 0 Å². The minimum Gasteiger partial charge on any atom is -0.292 e. The van der Waals surface area contributed by atoms with Crippen molar-refractivity contribution in [3.8, 4) is 0 Å². The molecular formula is C13H17NO. The first-order valence-electron chi connectivity index (χ1n) is 5.63. The van der Waals surface area contributed by atoms with Gasteiger partial charge < -0.3 is 0 Å². The van der Waals surface area contributed by atoms with E-state index in [9.17, 15) is 4.79 Å². The average Bonchev–Trinajstić information content (AvgIpc) is 2.97. The van der Waals surface area contributed by atoms with Gasteiger partial charge in [0.2, 0.25) is 0 Å². The first-order chi connectivity index (χ1) is 7.16. The molecule has 0 unspecified atom stereocenters. The second-order valence-corrected chi connectivity index (χ2v) is 4.58. The average molecular weight is 203 g/mol. The van der Waals surface area contributed by atoms with E-state index < -0.39 is 0 Å². The van der Waals surface area contributed by atoms with Crippen LogP contribution < -0.4 is 0 Å². The summed E-state index contributed by atoms with van der Waals surface area (Å²) in [6.07, 6.45) is 6.12. The second kappa shape index (κ2) is 4.13. The highest BCUT2D eigenvalue weighted by Crippen LogP contribution is 2.33. The van der Waals surface area contributed by atoms with E-state index in [1.54, 1.807) is 6.20 Å². The van der Waals surface area contributed by atoms with Crippen LogP contribution in [0.3, 0.4) is 0 Å². The molecule has 0 N–H and O–H groups in total. The predicted octanol–water partition coefficient (Wildman–Crippen LogP) is 3.07. The fourth-order valence-electron chi connectivity index (χ4n) is 1.87. The number of carbonyl (C=O) groups is 1. The van der Waals surface area contributed by atoms with Gasteiger partial charge in [0.25, 0.3) is 0 Å². The number of aromatic nitrogens is 1. The normalized spacial score (nSPS) is 15.3. The molecule has 1 aliphatic carbocycles. The Morgan fingerprint density at radius 3 is 2.80 bits per heavy atom. The van der Waals surface area contributed by atoms with E-state index in [0.29, 0.717) is 12.1 Å². The maximum Gasteiger partial charge on any atom is 0.181 e. The first-order valence-corrected chi connectivity index (χ1v) is 5.63. The van der Waals surface area contributed by atoms with E-state index in [1.807, 2.05) is 19.9 Å². The van der Waals surface area contributed by atoms with Gasteiger partial charge in [-0.3, -0.25) is 9.78 Å². The van der Waals surface area contributed by atoms with Crippen LogP contribution in [0.5, 0.6) is 0 Å². The van der Waals surface area contributed by atoms with Crippen LogP contribution in [0, 0.1) is 19.8 Å². The molecule has 1 saturated carbocycles. The molecular weight excluding hydrogens is 186 g/mol. The van der Waals surface area contributed by atoms with Crippen molar-refractivity contribution in [2.24, 2.45) is 5.92 Å². The molecule has 1 aliphatic rings. The lowest BCUT2D eigenvalue weighted by molar-refractivity contribution is 0.0972. The van der Waals surface area contributed by atoms with Gasteiger partial charge >= 0.3 is 0 Å². The second-order valence-electron chi connectivity index (χ2n) is 4.58. The molecule has 1 heterocycles.